The summed E-state index contributed by atoms with van der Waals surface area (Å²) in [5.41, 5.74) is 2.29. The number of anilines is 2. The van der Waals surface area contributed by atoms with Gasteiger partial charge in [-0.2, -0.15) is 0 Å². The lowest BCUT2D eigenvalue weighted by Crippen LogP contribution is -2.30. The van der Waals surface area contributed by atoms with Gasteiger partial charge in [-0.25, -0.2) is 4.79 Å². The number of benzene rings is 2. The Labute approximate surface area is 128 Å². The molecule has 0 heterocycles. The zero-order chi connectivity index (χ0) is 16.1. The Hall–Kier alpha value is -2.51. The maximum Gasteiger partial charge on any atom is 0.488 e. The van der Waals surface area contributed by atoms with E-state index in [-0.39, 0.29) is 0 Å². The van der Waals surface area contributed by atoms with Gasteiger partial charge in [-0.3, -0.25) is 0 Å². The SMILES string of the molecule is COc1ccc(C)cc1NC(=O)Nc1cccc(B(O)O)c1. The molecule has 0 aromatic heterocycles. The molecule has 2 amide bonds. The third-order valence-electron chi connectivity index (χ3n) is 3.05. The van der Waals surface area contributed by atoms with Gasteiger partial charge in [0.2, 0.25) is 0 Å². The Balaban J connectivity index is 2.10. The Morgan fingerprint density at radius 1 is 1.14 bits per heavy atom. The van der Waals surface area contributed by atoms with Crippen molar-refractivity contribution in [2.24, 2.45) is 0 Å². The number of hydrogen-bond donors (Lipinski definition) is 4. The lowest BCUT2D eigenvalue weighted by atomic mass is 9.80. The van der Waals surface area contributed by atoms with Gasteiger partial charge in [0, 0.05) is 5.69 Å². The molecule has 0 bridgehead atoms. The molecule has 0 fully saturated rings. The first-order valence-electron chi connectivity index (χ1n) is 6.68. The van der Waals surface area contributed by atoms with Crippen LogP contribution in [0.1, 0.15) is 5.56 Å². The highest BCUT2D eigenvalue weighted by molar-refractivity contribution is 6.58. The molecule has 114 valence electrons. The summed E-state index contributed by atoms with van der Waals surface area (Å²) in [4.78, 5) is 12.0. The first kappa shape index (κ1) is 15.9. The number of ether oxygens (including phenoxy) is 1. The van der Waals surface area contributed by atoms with Gasteiger partial charge in [0.15, 0.2) is 0 Å². The van der Waals surface area contributed by atoms with Crippen LogP contribution < -0.4 is 20.8 Å². The van der Waals surface area contributed by atoms with Gasteiger partial charge < -0.3 is 25.4 Å². The molecule has 0 aliphatic rings. The van der Waals surface area contributed by atoms with E-state index < -0.39 is 13.1 Å². The maximum atomic E-state index is 12.0. The van der Waals surface area contributed by atoms with Crippen molar-refractivity contribution in [2.75, 3.05) is 17.7 Å². The average molecular weight is 300 g/mol. The number of carbonyl (C=O) groups excluding carboxylic acids is 1. The van der Waals surface area contributed by atoms with Crippen molar-refractivity contribution in [1.82, 2.24) is 0 Å². The van der Waals surface area contributed by atoms with Crippen molar-refractivity contribution in [1.29, 1.82) is 0 Å². The minimum Gasteiger partial charge on any atom is -0.495 e. The second-order valence-electron chi connectivity index (χ2n) is 4.78. The van der Waals surface area contributed by atoms with Crippen LogP contribution in [-0.2, 0) is 0 Å². The quantitative estimate of drug-likeness (QED) is 0.641. The van der Waals surface area contributed by atoms with Gasteiger partial charge in [0.1, 0.15) is 5.75 Å². The fraction of sp³-hybridized carbons (Fsp3) is 0.133. The number of methoxy groups -OCH3 is 1. The molecule has 0 saturated carbocycles. The molecule has 0 aliphatic carbocycles. The monoisotopic (exact) mass is 300 g/mol. The molecule has 7 heteroatoms. The van der Waals surface area contributed by atoms with Gasteiger partial charge in [-0.15, -0.1) is 0 Å². The number of nitrogens with one attached hydrogen (secondary N) is 2. The second kappa shape index (κ2) is 6.97. The summed E-state index contributed by atoms with van der Waals surface area (Å²) in [7, 11) is -0.0541. The van der Waals surface area contributed by atoms with E-state index >= 15 is 0 Å². The lowest BCUT2D eigenvalue weighted by Gasteiger charge is -2.12. The minimum absolute atomic E-state index is 0.297. The molecule has 2 aromatic carbocycles. The van der Waals surface area contributed by atoms with E-state index in [1.807, 2.05) is 13.0 Å². The summed E-state index contributed by atoms with van der Waals surface area (Å²) in [6, 6.07) is 11.3. The number of rotatable bonds is 4. The summed E-state index contributed by atoms with van der Waals surface area (Å²) < 4.78 is 5.19. The molecule has 4 N–H and O–H groups in total. The molecule has 6 nitrogen and oxygen atoms in total. The van der Waals surface area contributed by atoms with Crippen molar-refractivity contribution in [3.05, 3.63) is 48.0 Å². The van der Waals surface area contributed by atoms with Crippen molar-refractivity contribution in [3.63, 3.8) is 0 Å². The molecule has 2 rings (SSSR count). The van der Waals surface area contributed by atoms with Crippen LogP contribution >= 0.6 is 0 Å². The second-order valence-corrected chi connectivity index (χ2v) is 4.78. The molecule has 0 radical (unpaired) electrons. The predicted octanol–water partition coefficient (Wildman–Crippen LogP) is 1.33. The maximum absolute atomic E-state index is 12.0. The fourth-order valence-corrected chi connectivity index (χ4v) is 1.98. The first-order chi connectivity index (χ1) is 10.5. The number of aryl methyl sites for hydroxylation is 1. The molecule has 22 heavy (non-hydrogen) atoms. The Morgan fingerprint density at radius 3 is 2.59 bits per heavy atom. The third-order valence-corrected chi connectivity index (χ3v) is 3.05. The van der Waals surface area contributed by atoms with Crippen LogP contribution in [0.15, 0.2) is 42.5 Å². The smallest absolute Gasteiger partial charge is 0.488 e. The number of urea groups is 1. The predicted molar refractivity (Wildman–Crippen MR) is 86.6 cm³/mol. The van der Waals surface area contributed by atoms with Crippen LogP contribution in [0.2, 0.25) is 0 Å². The summed E-state index contributed by atoms with van der Waals surface area (Å²) >= 11 is 0. The molecular weight excluding hydrogens is 283 g/mol. The lowest BCUT2D eigenvalue weighted by molar-refractivity contribution is 0.262. The van der Waals surface area contributed by atoms with Crippen LogP contribution in [0.3, 0.4) is 0 Å². The van der Waals surface area contributed by atoms with E-state index in [0.29, 0.717) is 22.6 Å². The first-order valence-corrected chi connectivity index (χ1v) is 6.68. The largest absolute Gasteiger partial charge is 0.495 e. The zero-order valence-corrected chi connectivity index (χ0v) is 12.3. The van der Waals surface area contributed by atoms with E-state index in [1.54, 1.807) is 30.3 Å². The van der Waals surface area contributed by atoms with Crippen LogP contribution in [0.5, 0.6) is 5.75 Å². The van der Waals surface area contributed by atoms with Gasteiger partial charge in [0.25, 0.3) is 0 Å². The van der Waals surface area contributed by atoms with Gasteiger partial charge in [0.05, 0.1) is 12.8 Å². The fourth-order valence-electron chi connectivity index (χ4n) is 1.98. The molecule has 0 unspecified atom stereocenters. The van der Waals surface area contributed by atoms with Gasteiger partial charge >= 0.3 is 13.1 Å². The van der Waals surface area contributed by atoms with Crippen molar-refractivity contribution in [2.45, 2.75) is 6.92 Å². The molecule has 0 spiro atoms. The van der Waals surface area contributed by atoms with Crippen LogP contribution in [0.25, 0.3) is 0 Å². The van der Waals surface area contributed by atoms with Crippen molar-refractivity contribution >= 4 is 30.0 Å². The standard InChI is InChI=1S/C15H17BN2O4/c1-10-6-7-14(22-2)13(8-10)18-15(19)17-12-5-3-4-11(9-12)16(20)21/h3-9,20-21H,1-2H3,(H2,17,18,19). The Bertz CT molecular complexity index is 676. The highest BCUT2D eigenvalue weighted by Crippen LogP contribution is 2.25. The summed E-state index contributed by atoms with van der Waals surface area (Å²) in [6.45, 7) is 1.91. The zero-order valence-electron chi connectivity index (χ0n) is 12.3. The van der Waals surface area contributed by atoms with Crippen LogP contribution in [0, 0.1) is 6.92 Å². The van der Waals surface area contributed by atoms with Gasteiger partial charge in [-0.05, 0) is 42.2 Å². The van der Waals surface area contributed by atoms with Gasteiger partial charge in [-0.1, -0.05) is 18.2 Å². The Kier molecular flexibility index (Phi) is 5.03. The average Bonchev–Trinajstić information content (AvgIpc) is 2.47. The molecule has 0 saturated heterocycles. The van der Waals surface area contributed by atoms with E-state index in [1.165, 1.54) is 13.2 Å². The number of carbonyl (C=O) groups is 1. The van der Waals surface area contributed by atoms with E-state index in [9.17, 15) is 4.79 Å². The van der Waals surface area contributed by atoms with E-state index in [0.717, 1.165) is 5.56 Å². The van der Waals surface area contributed by atoms with Crippen LogP contribution in [-0.4, -0.2) is 30.3 Å². The number of hydrogen-bond acceptors (Lipinski definition) is 4. The topological polar surface area (TPSA) is 90.8 Å². The highest BCUT2D eigenvalue weighted by atomic mass is 16.5. The van der Waals surface area contributed by atoms with E-state index in [4.69, 9.17) is 14.8 Å². The summed E-state index contributed by atoms with van der Waals surface area (Å²) in [6.07, 6.45) is 0. The summed E-state index contributed by atoms with van der Waals surface area (Å²) in [5.74, 6) is 0.556. The third kappa shape index (κ3) is 4.00. The molecule has 0 atom stereocenters. The number of amides is 2. The molecular formula is C15H17BN2O4. The van der Waals surface area contributed by atoms with E-state index in [2.05, 4.69) is 10.6 Å². The molecule has 2 aromatic rings. The van der Waals surface area contributed by atoms with Crippen molar-refractivity contribution < 1.29 is 19.6 Å². The van der Waals surface area contributed by atoms with Crippen LogP contribution in [0.4, 0.5) is 16.2 Å². The van der Waals surface area contributed by atoms with Crippen molar-refractivity contribution in [3.8, 4) is 5.75 Å². The highest BCUT2D eigenvalue weighted by Gasteiger charge is 2.12. The minimum atomic E-state index is -1.58. The molecule has 0 aliphatic heterocycles. The Morgan fingerprint density at radius 2 is 1.91 bits per heavy atom. The normalized spacial score (nSPS) is 10.0. The summed E-state index contributed by atoms with van der Waals surface area (Å²) in [5, 5.41) is 23.6.